The maximum absolute atomic E-state index is 12.6. The molecule has 0 amide bonds. The minimum Gasteiger partial charge on any atom is -0.463 e. The third kappa shape index (κ3) is 4.54. The van der Waals surface area contributed by atoms with Gasteiger partial charge in [0, 0.05) is 11.0 Å². The van der Waals surface area contributed by atoms with E-state index < -0.39 is 16.8 Å². The first-order valence-electron chi connectivity index (χ1n) is 9.34. The summed E-state index contributed by atoms with van der Waals surface area (Å²) >= 11 is 1.25. The van der Waals surface area contributed by atoms with Crippen molar-refractivity contribution in [3.05, 3.63) is 87.0 Å². The molecule has 3 rings (SSSR count). The van der Waals surface area contributed by atoms with Gasteiger partial charge in [-0.3, -0.25) is 10.1 Å². The Morgan fingerprint density at radius 2 is 2.03 bits per heavy atom. The summed E-state index contributed by atoms with van der Waals surface area (Å²) in [7, 11) is 0. The number of ether oxygens (including phenoxy) is 2. The van der Waals surface area contributed by atoms with E-state index in [0.29, 0.717) is 10.5 Å². The number of nitrogens with two attached hydrogens (primary N) is 1. The summed E-state index contributed by atoms with van der Waals surface area (Å²) in [6.45, 7) is 3.31. The van der Waals surface area contributed by atoms with E-state index in [4.69, 9.17) is 15.2 Å². The van der Waals surface area contributed by atoms with E-state index in [1.54, 1.807) is 19.1 Å². The van der Waals surface area contributed by atoms with Gasteiger partial charge >= 0.3 is 5.97 Å². The molecular weight excluding hydrogens is 418 g/mol. The first-order valence-corrected chi connectivity index (χ1v) is 10.2. The van der Waals surface area contributed by atoms with Crippen LogP contribution in [0.2, 0.25) is 0 Å². The molecular formula is C22H19N3O5S. The van der Waals surface area contributed by atoms with Crippen LogP contribution in [-0.2, 0) is 14.3 Å². The molecule has 8 nitrogen and oxygen atoms in total. The van der Waals surface area contributed by atoms with Crippen molar-refractivity contribution in [1.29, 1.82) is 5.26 Å². The zero-order chi connectivity index (χ0) is 22.5. The molecule has 0 aliphatic carbocycles. The smallest absolute Gasteiger partial charge is 0.338 e. The number of rotatable bonds is 6. The second-order valence-electron chi connectivity index (χ2n) is 6.51. The number of nitro groups is 1. The number of carbonyl (C=O) groups excluding carboxylic acids is 1. The number of carbonyl (C=O) groups is 1. The summed E-state index contributed by atoms with van der Waals surface area (Å²) in [5.74, 6) is -1.57. The van der Waals surface area contributed by atoms with Crippen LogP contribution in [-0.4, -0.2) is 17.5 Å². The van der Waals surface area contributed by atoms with Gasteiger partial charge in [-0.1, -0.05) is 36.0 Å². The quantitative estimate of drug-likeness (QED) is 0.400. The van der Waals surface area contributed by atoms with Gasteiger partial charge in [-0.05, 0) is 37.6 Å². The number of nitro benzene ring substituents is 1. The number of hydrogen-bond donors (Lipinski definition) is 1. The number of hydrogen-bond acceptors (Lipinski definition) is 8. The average molecular weight is 437 g/mol. The van der Waals surface area contributed by atoms with Crippen molar-refractivity contribution in [2.75, 3.05) is 6.61 Å². The molecule has 2 aromatic rings. The van der Waals surface area contributed by atoms with E-state index in [0.717, 1.165) is 4.90 Å². The minimum atomic E-state index is -0.938. The molecule has 1 aliphatic heterocycles. The Morgan fingerprint density at radius 3 is 2.65 bits per heavy atom. The maximum atomic E-state index is 12.6. The monoisotopic (exact) mass is 437 g/mol. The highest BCUT2D eigenvalue weighted by Crippen LogP contribution is 2.43. The Hall–Kier alpha value is -3.77. The Morgan fingerprint density at radius 1 is 1.32 bits per heavy atom. The predicted octanol–water partition coefficient (Wildman–Crippen LogP) is 4.39. The molecule has 2 aromatic carbocycles. The van der Waals surface area contributed by atoms with Crippen LogP contribution in [0.15, 0.2) is 81.1 Å². The molecule has 0 spiro atoms. The fourth-order valence-electron chi connectivity index (χ4n) is 3.25. The van der Waals surface area contributed by atoms with Gasteiger partial charge in [0.15, 0.2) is 0 Å². The van der Waals surface area contributed by atoms with E-state index in [9.17, 15) is 20.2 Å². The third-order valence-electron chi connectivity index (χ3n) is 4.58. The van der Waals surface area contributed by atoms with E-state index in [-0.39, 0.29) is 35.1 Å². The van der Waals surface area contributed by atoms with Gasteiger partial charge in [-0.15, -0.1) is 0 Å². The van der Waals surface area contributed by atoms with Crippen molar-refractivity contribution in [2.45, 2.75) is 29.6 Å². The molecule has 2 N–H and O–H groups in total. The summed E-state index contributed by atoms with van der Waals surface area (Å²) < 4.78 is 10.5. The van der Waals surface area contributed by atoms with Gasteiger partial charge < -0.3 is 15.2 Å². The number of benzene rings is 2. The first kappa shape index (κ1) is 21.9. The van der Waals surface area contributed by atoms with Gasteiger partial charge in [0.05, 0.1) is 27.9 Å². The summed E-state index contributed by atoms with van der Waals surface area (Å²) in [6.07, 6.45) is 0. The standard InChI is InChI=1S/C22H19N3O5S/c1-3-29-22(26)19-13(2)30-21(24)16(12-23)20(19)14-9-10-18(17(11-14)25(27)28)31-15-7-5-4-6-8-15/h4-11,20H,3,24H2,1-2H3. The van der Waals surface area contributed by atoms with Crippen molar-refractivity contribution < 1.29 is 19.2 Å². The summed E-state index contributed by atoms with van der Waals surface area (Å²) in [4.78, 5) is 25.2. The molecule has 9 heteroatoms. The fourth-order valence-corrected chi connectivity index (χ4v) is 4.17. The maximum Gasteiger partial charge on any atom is 0.338 e. The molecule has 0 bridgehead atoms. The molecule has 1 atom stereocenters. The van der Waals surface area contributed by atoms with Crippen molar-refractivity contribution in [2.24, 2.45) is 5.73 Å². The number of nitriles is 1. The Kier molecular flexibility index (Phi) is 6.62. The Labute approximate surface area is 183 Å². The lowest BCUT2D eigenvalue weighted by Crippen LogP contribution is -2.25. The van der Waals surface area contributed by atoms with Crippen LogP contribution >= 0.6 is 11.8 Å². The molecule has 1 aliphatic rings. The van der Waals surface area contributed by atoms with Crippen LogP contribution in [0, 0.1) is 21.4 Å². The molecule has 0 aromatic heterocycles. The summed E-state index contributed by atoms with van der Waals surface area (Å²) in [6, 6.07) is 15.8. The van der Waals surface area contributed by atoms with Gasteiger partial charge in [0.1, 0.15) is 17.4 Å². The average Bonchev–Trinajstić information content (AvgIpc) is 2.74. The lowest BCUT2D eigenvalue weighted by Gasteiger charge is -2.26. The van der Waals surface area contributed by atoms with Crippen molar-refractivity contribution in [1.82, 2.24) is 0 Å². The van der Waals surface area contributed by atoms with E-state index in [1.165, 1.54) is 24.8 Å². The Bertz CT molecular complexity index is 1140. The zero-order valence-corrected chi connectivity index (χ0v) is 17.6. The highest BCUT2D eigenvalue weighted by molar-refractivity contribution is 7.99. The van der Waals surface area contributed by atoms with Crippen LogP contribution in [0.4, 0.5) is 5.69 Å². The topological polar surface area (TPSA) is 128 Å². The van der Waals surface area contributed by atoms with Crippen LogP contribution in [0.25, 0.3) is 0 Å². The summed E-state index contributed by atoms with van der Waals surface area (Å²) in [5.41, 5.74) is 6.19. The van der Waals surface area contributed by atoms with Crippen molar-refractivity contribution >= 4 is 23.4 Å². The third-order valence-corrected chi connectivity index (χ3v) is 5.66. The summed E-state index contributed by atoms with van der Waals surface area (Å²) in [5, 5.41) is 21.5. The normalized spacial score (nSPS) is 15.8. The number of allylic oxidation sites excluding steroid dienone is 2. The van der Waals surface area contributed by atoms with Gasteiger partial charge in [-0.25, -0.2) is 4.79 Å². The number of esters is 1. The van der Waals surface area contributed by atoms with E-state index in [1.807, 2.05) is 36.4 Å². The SMILES string of the molecule is CCOC(=O)C1=C(C)OC(N)=C(C#N)C1c1ccc(Sc2ccccc2)c([N+](=O)[O-])c1. The molecule has 0 fully saturated rings. The lowest BCUT2D eigenvalue weighted by atomic mass is 9.83. The molecule has 1 unspecified atom stereocenters. The van der Waals surface area contributed by atoms with Crippen LogP contribution in [0.3, 0.4) is 0 Å². The van der Waals surface area contributed by atoms with Crippen LogP contribution < -0.4 is 5.73 Å². The molecule has 31 heavy (non-hydrogen) atoms. The minimum absolute atomic E-state index is 0.00795. The second kappa shape index (κ2) is 9.36. The Balaban J connectivity index is 2.12. The zero-order valence-electron chi connectivity index (χ0n) is 16.8. The molecule has 1 heterocycles. The molecule has 0 radical (unpaired) electrons. The van der Waals surface area contributed by atoms with Gasteiger partial charge in [-0.2, -0.15) is 5.26 Å². The highest BCUT2D eigenvalue weighted by Gasteiger charge is 2.37. The largest absolute Gasteiger partial charge is 0.463 e. The van der Waals surface area contributed by atoms with E-state index >= 15 is 0 Å². The van der Waals surface area contributed by atoms with Gasteiger partial charge in [0.25, 0.3) is 5.69 Å². The highest BCUT2D eigenvalue weighted by atomic mass is 32.2. The fraction of sp³-hybridized carbons (Fsp3) is 0.182. The van der Waals surface area contributed by atoms with Crippen molar-refractivity contribution in [3.8, 4) is 6.07 Å². The second-order valence-corrected chi connectivity index (χ2v) is 7.63. The number of nitrogens with zero attached hydrogens (tertiary/aromatic N) is 2. The van der Waals surface area contributed by atoms with Crippen LogP contribution in [0.1, 0.15) is 25.3 Å². The van der Waals surface area contributed by atoms with E-state index in [2.05, 4.69) is 0 Å². The molecule has 0 saturated carbocycles. The lowest BCUT2D eigenvalue weighted by molar-refractivity contribution is -0.387. The predicted molar refractivity (Wildman–Crippen MR) is 114 cm³/mol. The molecule has 0 saturated heterocycles. The molecule has 158 valence electrons. The first-order chi connectivity index (χ1) is 14.9. The van der Waals surface area contributed by atoms with Gasteiger partial charge in [0.2, 0.25) is 5.88 Å². The van der Waals surface area contributed by atoms with Crippen LogP contribution in [0.5, 0.6) is 0 Å². The van der Waals surface area contributed by atoms with Crippen molar-refractivity contribution in [3.63, 3.8) is 0 Å².